The summed E-state index contributed by atoms with van der Waals surface area (Å²) in [4.78, 5) is 4.10. The highest BCUT2D eigenvalue weighted by Crippen LogP contribution is 2.27. The largest absolute Gasteiger partial charge is 0.457 e. The molecule has 25 heavy (non-hydrogen) atoms. The molecule has 0 saturated heterocycles. The predicted octanol–water partition coefficient (Wildman–Crippen LogP) is 2.74. The second-order valence-corrected chi connectivity index (χ2v) is 7.47. The first-order valence-electron chi connectivity index (χ1n) is 7.55. The van der Waals surface area contributed by atoms with Gasteiger partial charge in [0.25, 0.3) is 10.0 Å². The number of sulfonamides is 1. The van der Waals surface area contributed by atoms with Crippen LogP contribution in [0.2, 0.25) is 0 Å². The molecular weight excluding hydrogens is 340 g/mol. The first-order chi connectivity index (χ1) is 11.9. The van der Waals surface area contributed by atoms with Crippen LogP contribution in [0, 0.1) is 6.92 Å². The molecule has 3 aromatic rings. The van der Waals surface area contributed by atoms with Crippen molar-refractivity contribution in [2.24, 2.45) is 7.05 Å². The summed E-state index contributed by atoms with van der Waals surface area (Å²) in [7, 11) is -0.410. The maximum atomic E-state index is 12.8. The lowest BCUT2D eigenvalue weighted by atomic mass is 10.3. The topological polar surface area (TPSA) is 77.3 Å². The van der Waals surface area contributed by atoms with Crippen LogP contribution in [0.4, 0.5) is 5.69 Å². The number of anilines is 1. The Bertz CT molecular complexity index is 967. The maximum Gasteiger partial charge on any atom is 0.264 e. The Labute approximate surface area is 146 Å². The molecule has 0 atom stereocenters. The Morgan fingerprint density at radius 3 is 2.20 bits per heavy atom. The Hall–Kier alpha value is -2.87. The minimum Gasteiger partial charge on any atom is -0.457 e. The Morgan fingerprint density at radius 2 is 1.64 bits per heavy atom. The first-order valence-corrected chi connectivity index (χ1v) is 8.99. The van der Waals surface area contributed by atoms with Crippen molar-refractivity contribution in [3.05, 3.63) is 60.7 Å². The van der Waals surface area contributed by atoms with E-state index < -0.39 is 10.0 Å². The zero-order valence-electron chi connectivity index (χ0n) is 14.1. The first kappa shape index (κ1) is 17.0. The van der Waals surface area contributed by atoms with Crippen molar-refractivity contribution in [3.8, 4) is 11.5 Å². The van der Waals surface area contributed by atoms with Crippen LogP contribution in [0.1, 0.15) is 5.69 Å². The molecule has 0 fully saturated rings. The standard InChI is InChI=1S/C17H18N4O3S/c1-13-17(12-20(2)19-13)21(3)25(22,23)16-6-4-14(5-7-16)24-15-8-10-18-11-9-15/h4-12H,1-3H3. The SMILES string of the molecule is Cc1nn(C)cc1N(C)S(=O)(=O)c1ccc(Oc2ccncc2)cc1. The minimum absolute atomic E-state index is 0.181. The lowest BCUT2D eigenvalue weighted by Crippen LogP contribution is -2.26. The Balaban J connectivity index is 1.84. The van der Waals surface area contributed by atoms with Crippen LogP contribution in [0.3, 0.4) is 0 Å². The van der Waals surface area contributed by atoms with Crippen LogP contribution in [-0.2, 0) is 17.1 Å². The van der Waals surface area contributed by atoms with E-state index in [-0.39, 0.29) is 4.90 Å². The van der Waals surface area contributed by atoms with Crippen molar-refractivity contribution >= 4 is 15.7 Å². The fourth-order valence-electron chi connectivity index (χ4n) is 2.41. The zero-order chi connectivity index (χ0) is 18.0. The summed E-state index contributed by atoms with van der Waals surface area (Å²) in [5, 5.41) is 4.19. The van der Waals surface area contributed by atoms with Crippen LogP contribution in [-0.4, -0.2) is 30.2 Å². The molecule has 8 heteroatoms. The second kappa shape index (κ2) is 6.56. The summed E-state index contributed by atoms with van der Waals surface area (Å²) in [6, 6.07) is 9.74. The molecule has 0 radical (unpaired) electrons. The van der Waals surface area contributed by atoms with Crippen molar-refractivity contribution in [1.29, 1.82) is 0 Å². The monoisotopic (exact) mass is 358 g/mol. The third-order valence-corrected chi connectivity index (χ3v) is 5.48. The molecule has 0 amide bonds. The van der Waals surface area contributed by atoms with Gasteiger partial charge in [-0.3, -0.25) is 14.0 Å². The van der Waals surface area contributed by atoms with Gasteiger partial charge in [-0.2, -0.15) is 5.10 Å². The molecule has 0 aliphatic heterocycles. The lowest BCUT2D eigenvalue weighted by Gasteiger charge is -2.18. The lowest BCUT2D eigenvalue weighted by molar-refractivity contribution is 0.481. The third-order valence-electron chi connectivity index (χ3n) is 3.69. The molecule has 2 heterocycles. The molecular formula is C17H18N4O3S. The van der Waals surface area contributed by atoms with Gasteiger partial charge in [-0.05, 0) is 43.3 Å². The fraction of sp³-hybridized carbons (Fsp3) is 0.176. The quantitative estimate of drug-likeness (QED) is 0.701. The predicted molar refractivity (Wildman–Crippen MR) is 94.3 cm³/mol. The molecule has 0 unspecified atom stereocenters. The van der Waals surface area contributed by atoms with E-state index in [0.717, 1.165) is 0 Å². The molecule has 0 bridgehead atoms. The summed E-state index contributed by atoms with van der Waals surface area (Å²) in [5.74, 6) is 1.18. The van der Waals surface area contributed by atoms with Crippen LogP contribution < -0.4 is 9.04 Å². The minimum atomic E-state index is -3.68. The molecule has 1 aromatic carbocycles. The highest BCUT2D eigenvalue weighted by Gasteiger charge is 2.24. The van der Waals surface area contributed by atoms with E-state index in [9.17, 15) is 8.42 Å². The van der Waals surface area contributed by atoms with Gasteiger partial charge >= 0.3 is 0 Å². The van der Waals surface area contributed by atoms with E-state index in [4.69, 9.17) is 4.74 Å². The van der Waals surface area contributed by atoms with E-state index in [1.54, 1.807) is 61.5 Å². The van der Waals surface area contributed by atoms with E-state index in [2.05, 4.69) is 10.1 Å². The summed E-state index contributed by atoms with van der Waals surface area (Å²) in [5.41, 5.74) is 1.19. The van der Waals surface area contributed by atoms with Crippen LogP contribution in [0.25, 0.3) is 0 Å². The van der Waals surface area contributed by atoms with E-state index in [0.29, 0.717) is 22.9 Å². The highest BCUT2D eigenvalue weighted by molar-refractivity contribution is 7.92. The molecule has 7 nitrogen and oxygen atoms in total. The molecule has 0 N–H and O–H groups in total. The van der Waals surface area contributed by atoms with Gasteiger partial charge in [0.05, 0.1) is 16.3 Å². The number of hydrogen-bond acceptors (Lipinski definition) is 5. The van der Waals surface area contributed by atoms with Crippen molar-refractivity contribution in [1.82, 2.24) is 14.8 Å². The van der Waals surface area contributed by atoms with Gasteiger partial charge in [0, 0.05) is 32.7 Å². The van der Waals surface area contributed by atoms with Gasteiger partial charge in [0.1, 0.15) is 11.5 Å². The summed E-state index contributed by atoms with van der Waals surface area (Å²) in [6.45, 7) is 1.77. The number of aromatic nitrogens is 3. The van der Waals surface area contributed by atoms with Gasteiger partial charge in [-0.1, -0.05) is 0 Å². The number of aryl methyl sites for hydroxylation is 2. The van der Waals surface area contributed by atoms with Crippen molar-refractivity contribution in [2.45, 2.75) is 11.8 Å². The van der Waals surface area contributed by atoms with Gasteiger partial charge in [-0.25, -0.2) is 8.42 Å². The fourth-order valence-corrected chi connectivity index (χ4v) is 3.64. The van der Waals surface area contributed by atoms with E-state index >= 15 is 0 Å². The molecule has 0 aliphatic carbocycles. The van der Waals surface area contributed by atoms with Crippen molar-refractivity contribution in [3.63, 3.8) is 0 Å². The van der Waals surface area contributed by atoms with E-state index in [1.165, 1.54) is 23.5 Å². The van der Waals surface area contributed by atoms with E-state index in [1.807, 2.05) is 0 Å². The third kappa shape index (κ3) is 3.48. The number of ether oxygens (including phenoxy) is 1. The maximum absolute atomic E-state index is 12.8. The number of hydrogen-bond donors (Lipinski definition) is 0. The number of nitrogens with zero attached hydrogens (tertiary/aromatic N) is 4. The molecule has 0 saturated carbocycles. The average molecular weight is 358 g/mol. The Morgan fingerprint density at radius 1 is 1.04 bits per heavy atom. The normalized spacial score (nSPS) is 11.3. The van der Waals surface area contributed by atoms with Crippen LogP contribution in [0.15, 0.2) is 59.9 Å². The van der Waals surface area contributed by atoms with Gasteiger partial charge in [0.2, 0.25) is 0 Å². The average Bonchev–Trinajstić information content (AvgIpc) is 2.94. The smallest absolute Gasteiger partial charge is 0.264 e. The molecule has 3 rings (SSSR count). The Kier molecular flexibility index (Phi) is 4.45. The zero-order valence-corrected chi connectivity index (χ0v) is 14.9. The number of rotatable bonds is 5. The van der Waals surface area contributed by atoms with Crippen LogP contribution >= 0.6 is 0 Å². The number of pyridine rings is 1. The number of benzene rings is 1. The highest BCUT2D eigenvalue weighted by atomic mass is 32.2. The van der Waals surface area contributed by atoms with Gasteiger partial charge in [-0.15, -0.1) is 0 Å². The summed E-state index contributed by atoms with van der Waals surface area (Å²) in [6.07, 6.45) is 4.92. The summed E-state index contributed by atoms with van der Waals surface area (Å²) >= 11 is 0. The van der Waals surface area contributed by atoms with Gasteiger partial charge < -0.3 is 4.74 Å². The van der Waals surface area contributed by atoms with Crippen molar-refractivity contribution in [2.75, 3.05) is 11.4 Å². The van der Waals surface area contributed by atoms with Crippen molar-refractivity contribution < 1.29 is 13.2 Å². The summed E-state index contributed by atoms with van der Waals surface area (Å²) < 4.78 is 34.1. The molecule has 2 aromatic heterocycles. The molecule has 130 valence electrons. The second-order valence-electron chi connectivity index (χ2n) is 5.50. The van der Waals surface area contributed by atoms with Crippen LogP contribution in [0.5, 0.6) is 11.5 Å². The molecule has 0 aliphatic rings. The molecule has 0 spiro atoms. The van der Waals surface area contributed by atoms with Gasteiger partial charge in [0.15, 0.2) is 0 Å².